The number of amidine groups is 1. The van der Waals surface area contributed by atoms with E-state index in [1.807, 2.05) is 0 Å². The standard InChI is InChI=1S/C19H21FN4O4/c20-18-12(11-27-17(25)8-16(21)22)2-1-3-15(18)13-9-23-19(24-10-13)28-14-4-6-26-7-5-14/h1-3,9-10,14H,4-8,11H2,(H3,21,22). The molecule has 1 aromatic heterocycles. The summed E-state index contributed by atoms with van der Waals surface area (Å²) in [6.45, 7) is 1.05. The number of nitrogens with one attached hydrogen (secondary N) is 1. The molecule has 0 aliphatic carbocycles. The van der Waals surface area contributed by atoms with Gasteiger partial charge in [-0.25, -0.2) is 14.4 Å². The van der Waals surface area contributed by atoms with Crippen LogP contribution in [-0.4, -0.2) is 41.1 Å². The van der Waals surface area contributed by atoms with E-state index in [-0.39, 0.29) is 42.1 Å². The van der Waals surface area contributed by atoms with Gasteiger partial charge >= 0.3 is 12.0 Å². The third-order valence-electron chi connectivity index (χ3n) is 4.18. The van der Waals surface area contributed by atoms with Gasteiger partial charge < -0.3 is 19.9 Å². The molecule has 28 heavy (non-hydrogen) atoms. The number of carbonyl (C=O) groups is 1. The summed E-state index contributed by atoms with van der Waals surface area (Å²) >= 11 is 0. The Labute approximate surface area is 161 Å². The van der Waals surface area contributed by atoms with Crippen LogP contribution in [0, 0.1) is 11.2 Å². The Kier molecular flexibility index (Phi) is 6.49. The Hall–Kier alpha value is -3.07. The maximum Gasteiger partial charge on any atom is 0.316 e. The van der Waals surface area contributed by atoms with Crippen LogP contribution in [0.15, 0.2) is 30.6 Å². The number of carbonyl (C=O) groups excluding carboxylic acids is 1. The van der Waals surface area contributed by atoms with Crippen molar-refractivity contribution < 1.29 is 23.4 Å². The molecule has 0 amide bonds. The molecule has 3 rings (SSSR count). The van der Waals surface area contributed by atoms with Crippen molar-refractivity contribution in [3.8, 4) is 17.1 Å². The molecule has 148 valence electrons. The van der Waals surface area contributed by atoms with Crippen LogP contribution in [0.3, 0.4) is 0 Å². The van der Waals surface area contributed by atoms with E-state index < -0.39 is 11.8 Å². The lowest BCUT2D eigenvalue weighted by Crippen LogP contribution is -2.26. The summed E-state index contributed by atoms with van der Waals surface area (Å²) in [5, 5.41) is 7.07. The van der Waals surface area contributed by atoms with Gasteiger partial charge in [0.2, 0.25) is 0 Å². The SMILES string of the molecule is N=C(N)CC(=O)OCc1cccc(-c2cnc(OC3CCOCC3)nc2)c1F. The summed E-state index contributed by atoms with van der Waals surface area (Å²) in [6.07, 6.45) is 4.24. The van der Waals surface area contributed by atoms with E-state index >= 15 is 0 Å². The molecule has 1 saturated heterocycles. The summed E-state index contributed by atoms with van der Waals surface area (Å²) in [5.41, 5.74) is 6.12. The van der Waals surface area contributed by atoms with E-state index in [9.17, 15) is 9.18 Å². The molecule has 0 atom stereocenters. The first-order valence-electron chi connectivity index (χ1n) is 8.85. The molecule has 2 heterocycles. The van der Waals surface area contributed by atoms with Crippen LogP contribution >= 0.6 is 0 Å². The highest BCUT2D eigenvalue weighted by Crippen LogP contribution is 2.25. The first kappa shape index (κ1) is 19.7. The molecule has 0 bridgehead atoms. The average Bonchev–Trinajstić information content (AvgIpc) is 2.68. The average molecular weight is 388 g/mol. The fourth-order valence-corrected chi connectivity index (χ4v) is 2.74. The Balaban J connectivity index is 1.67. The van der Waals surface area contributed by atoms with Gasteiger partial charge in [-0.15, -0.1) is 0 Å². The lowest BCUT2D eigenvalue weighted by Gasteiger charge is -2.22. The van der Waals surface area contributed by atoms with Crippen molar-refractivity contribution >= 4 is 11.8 Å². The molecule has 0 saturated carbocycles. The zero-order valence-corrected chi connectivity index (χ0v) is 15.2. The molecule has 1 aliphatic rings. The highest BCUT2D eigenvalue weighted by atomic mass is 19.1. The van der Waals surface area contributed by atoms with Crippen LogP contribution in [-0.2, 0) is 20.9 Å². The third-order valence-corrected chi connectivity index (χ3v) is 4.18. The van der Waals surface area contributed by atoms with Crippen molar-refractivity contribution in [3.63, 3.8) is 0 Å². The molecule has 1 aliphatic heterocycles. The second-order valence-electron chi connectivity index (χ2n) is 6.33. The molecule has 9 heteroatoms. The molecule has 0 radical (unpaired) electrons. The molecule has 0 unspecified atom stereocenters. The van der Waals surface area contributed by atoms with E-state index in [0.717, 1.165) is 12.8 Å². The predicted octanol–water partition coefficient (Wildman–Crippen LogP) is 2.21. The minimum atomic E-state index is -0.685. The summed E-state index contributed by atoms with van der Waals surface area (Å²) in [5.74, 6) is -1.52. The lowest BCUT2D eigenvalue weighted by atomic mass is 10.1. The summed E-state index contributed by atoms with van der Waals surface area (Å²) in [6, 6.07) is 5.00. The van der Waals surface area contributed by atoms with Crippen molar-refractivity contribution in [3.05, 3.63) is 42.0 Å². The van der Waals surface area contributed by atoms with E-state index in [1.54, 1.807) is 12.1 Å². The third kappa shape index (κ3) is 5.23. The van der Waals surface area contributed by atoms with Gasteiger partial charge in [-0.3, -0.25) is 10.2 Å². The number of rotatable bonds is 7. The molecular formula is C19H21FN4O4. The van der Waals surface area contributed by atoms with Gasteiger partial charge in [0.15, 0.2) is 0 Å². The Morgan fingerprint density at radius 1 is 1.29 bits per heavy atom. The van der Waals surface area contributed by atoms with Gasteiger partial charge in [-0.05, 0) is 0 Å². The first-order chi connectivity index (χ1) is 13.5. The highest BCUT2D eigenvalue weighted by molar-refractivity contribution is 5.94. The summed E-state index contributed by atoms with van der Waals surface area (Å²) in [4.78, 5) is 19.8. The summed E-state index contributed by atoms with van der Waals surface area (Å²) < 4.78 is 30.7. The van der Waals surface area contributed by atoms with Crippen LogP contribution in [0.25, 0.3) is 11.1 Å². The van der Waals surface area contributed by atoms with E-state index in [1.165, 1.54) is 18.5 Å². The summed E-state index contributed by atoms with van der Waals surface area (Å²) in [7, 11) is 0. The second-order valence-corrected chi connectivity index (χ2v) is 6.33. The topological polar surface area (TPSA) is 120 Å². The molecule has 1 aromatic carbocycles. The Morgan fingerprint density at radius 2 is 2.00 bits per heavy atom. The van der Waals surface area contributed by atoms with E-state index in [4.69, 9.17) is 25.4 Å². The van der Waals surface area contributed by atoms with Crippen molar-refractivity contribution in [2.75, 3.05) is 13.2 Å². The Bertz CT molecular complexity index is 838. The van der Waals surface area contributed by atoms with Gasteiger partial charge in [0, 0.05) is 41.9 Å². The fourth-order valence-electron chi connectivity index (χ4n) is 2.74. The van der Waals surface area contributed by atoms with Crippen molar-refractivity contribution in [1.29, 1.82) is 5.41 Å². The van der Waals surface area contributed by atoms with Gasteiger partial charge in [-0.1, -0.05) is 18.2 Å². The first-order valence-corrected chi connectivity index (χ1v) is 8.85. The lowest BCUT2D eigenvalue weighted by molar-refractivity contribution is -0.143. The molecule has 0 spiro atoms. The molecule has 2 aromatic rings. The monoisotopic (exact) mass is 388 g/mol. The van der Waals surface area contributed by atoms with Crippen LogP contribution < -0.4 is 10.5 Å². The highest BCUT2D eigenvalue weighted by Gasteiger charge is 2.17. The number of nitrogens with zero attached hydrogens (tertiary/aromatic N) is 2. The predicted molar refractivity (Wildman–Crippen MR) is 98.2 cm³/mol. The minimum absolute atomic E-state index is 0.0179. The Morgan fingerprint density at radius 3 is 2.68 bits per heavy atom. The molecular weight excluding hydrogens is 367 g/mol. The maximum atomic E-state index is 14.8. The molecule has 3 N–H and O–H groups in total. The van der Waals surface area contributed by atoms with Crippen LogP contribution in [0.5, 0.6) is 6.01 Å². The molecule has 8 nitrogen and oxygen atoms in total. The largest absolute Gasteiger partial charge is 0.460 e. The van der Waals surface area contributed by atoms with Crippen molar-refractivity contribution in [2.24, 2.45) is 5.73 Å². The van der Waals surface area contributed by atoms with Gasteiger partial charge in [0.25, 0.3) is 0 Å². The smallest absolute Gasteiger partial charge is 0.316 e. The number of ether oxygens (including phenoxy) is 3. The van der Waals surface area contributed by atoms with Crippen LogP contribution in [0.2, 0.25) is 0 Å². The number of benzene rings is 1. The van der Waals surface area contributed by atoms with Gasteiger partial charge in [-0.2, -0.15) is 0 Å². The number of hydrogen-bond donors (Lipinski definition) is 2. The van der Waals surface area contributed by atoms with Gasteiger partial charge in [0.05, 0.1) is 13.2 Å². The minimum Gasteiger partial charge on any atom is -0.460 e. The normalized spacial score (nSPS) is 14.5. The van der Waals surface area contributed by atoms with Crippen molar-refractivity contribution in [1.82, 2.24) is 9.97 Å². The van der Waals surface area contributed by atoms with E-state index in [2.05, 4.69) is 9.97 Å². The van der Waals surface area contributed by atoms with Crippen molar-refractivity contribution in [2.45, 2.75) is 32.0 Å². The van der Waals surface area contributed by atoms with Crippen LogP contribution in [0.4, 0.5) is 4.39 Å². The van der Waals surface area contributed by atoms with E-state index in [0.29, 0.717) is 18.8 Å². The fraction of sp³-hybridized carbons (Fsp3) is 0.368. The number of aromatic nitrogens is 2. The second kappa shape index (κ2) is 9.23. The quantitative estimate of drug-likeness (QED) is 0.424. The number of nitrogens with two attached hydrogens (primary N) is 1. The van der Waals surface area contributed by atoms with Crippen LogP contribution in [0.1, 0.15) is 24.8 Å². The van der Waals surface area contributed by atoms with Gasteiger partial charge in [0.1, 0.15) is 30.8 Å². The number of halogens is 1. The zero-order chi connectivity index (χ0) is 19.9. The maximum absolute atomic E-state index is 14.8. The number of esters is 1. The zero-order valence-electron chi connectivity index (χ0n) is 15.2. The number of hydrogen-bond acceptors (Lipinski definition) is 7. The molecule has 1 fully saturated rings.